The molecule has 0 saturated heterocycles. The van der Waals surface area contributed by atoms with Gasteiger partial charge in [0.1, 0.15) is 11.4 Å². The van der Waals surface area contributed by atoms with Crippen molar-refractivity contribution in [2.45, 2.75) is 66.2 Å². The summed E-state index contributed by atoms with van der Waals surface area (Å²) in [7, 11) is -0.201. The fourth-order valence-corrected chi connectivity index (χ4v) is 9.79. The first-order valence-electron chi connectivity index (χ1n) is 13.8. The number of hydrogen-bond acceptors (Lipinski definition) is 3. The third-order valence-corrected chi connectivity index (χ3v) is 11.2. The van der Waals surface area contributed by atoms with Gasteiger partial charge in [-0.3, -0.25) is 0 Å². The van der Waals surface area contributed by atoms with E-state index in [2.05, 4.69) is 86.6 Å². The van der Waals surface area contributed by atoms with Crippen LogP contribution < -0.4 is 4.74 Å². The van der Waals surface area contributed by atoms with Crippen molar-refractivity contribution in [2.24, 2.45) is 29.6 Å². The van der Waals surface area contributed by atoms with Crippen LogP contribution in [0.25, 0.3) is 0 Å². The van der Waals surface area contributed by atoms with Crippen molar-refractivity contribution in [1.82, 2.24) is 0 Å². The van der Waals surface area contributed by atoms with E-state index in [0.717, 1.165) is 11.8 Å². The molecule has 0 spiro atoms. The van der Waals surface area contributed by atoms with Crippen LogP contribution in [-0.4, -0.2) is 18.2 Å². The molecule has 0 N–H and O–H groups in total. The average molecular weight is 514 g/mol. The zero-order valence-corrected chi connectivity index (χ0v) is 22.7. The zero-order chi connectivity index (χ0) is 25.4. The molecule has 3 aromatic carbocycles. The highest BCUT2D eigenvalue weighted by atomic mass is 32.2. The van der Waals surface area contributed by atoms with E-state index in [1.165, 1.54) is 46.8 Å². The minimum atomic E-state index is -0.308. The van der Waals surface area contributed by atoms with Crippen LogP contribution in [0.2, 0.25) is 0 Å². The van der Waals surface area contributed by atoms with E-state index in [0.29, 0.717) is 23.5 Å². The second-order valence-electron chi connectivity index (χ2n) is 11.5. The Morgan fingerprint density at radius 1 is 0.757 bits per heavy atom. The summed E-state index contributed by atoms with van der Waals surface area (Å²) in [4.78, 5) is 16.9. The Hall–Kier alpha value is -2.72. The average Bonchev–Trinajstić information content (AvgIpc) is 2.91. The van der Waals surface area contributed by atoms with Crippen LogP contribution in [0.1, 0.15) is 46.0 Å². The van der Waals surface area contributed by atoms with Gasteiger partial charge in [0.2, 0.25) is 0 Å². The lowest BCUT2D eigenvalue weighted by atomic mass is 9.47. The molecule has 0 amide bonds. The molecule has 0 heterocycles. The van der Waals surface area contributed by atoms with Gasteiger partial charge in [-0.15, -0.1) is 0 Å². The lowest BCUT2D eigenvalue weighted by Gasteiger charge is -2.61. The van der Waals surface area contributed by atoms with Crippen molar-refractivity contribution >= 4 is 16.9 Å². The van der Waals surface area contributed by atoms with Gasteiger partial charge in [-0.2, -0.15) is 0 Å². The molecule has 4 fully saturated rings. The van der Waals surface area contributed by atoms with Gasteiger partial charge in [-0.1, -0.05) is 50.2 Å². The molecule has 4 heteroatoms. The second-order valence-corrected chi connectivity index (χ2v) is 13.5. The van der Waals surface area contributed by atoms with E-state index < -0.39 is 0 Å². The summed E-state index contributed by atoms with van der Waals surface area (Å²) in [5.74, 6) is 3.53. The molecule has 4 bridgehead atoms. The molecule has 3 nitrogen and oxygen atoms in total. The summed E-state index contributed by atoms with van der Waals surface area (Å²) in [6.45, 7) is 4.45. The summed E-state index contributed by atoms with van der Waals surface area (Å²) >= 11 is 0. The highest BCUT2D eigenvalue weighted by Crippen LogP contribution is 2.61. The number of rotatable bonds is 8. The van der Waals surface area contributed by atoms with Gasteiger partial charge >= 0.3 is 5.97 Å². The molecule has 4 saturated carbocycles. The monoisotopic (exact) mass is 513 g/mol. The molecular formula is C33H37O3S+. The van der Waals surface area contributed by atoms with Crippen LogP contribution in [0.3, 0.4) is 0 Å². The lowest BCUT2D eigenvalue weighted by molar-refractivity contribution is -0.226. The number of esters is 1. The molecule has 37 heavy (non-hydrogen) atoms. The Labute approximate surface area is 223 Å². The van der Waals surface area contributed by atoms with E-state index in [1.807, 2.05) is 12.1 Å². The minimum Gasteiger partial charge on any atom is -0.482 e. The van der Waals surface area contributed by atoms with Crippen molar-refractivity contribution in [3.8, 4) is 5.75 Å². The standard InChI is InChI=1S/C33H37O3S/c1-23(2)33(26-18-24-17-25(20-26)21-27(33)19-24)36-32(34)22-35-28-13-15-31(16-14-28)37(29-9-5-3-6-10-29)30-11-7-4-8-12-30/h3-16,23-27H,17-22H2,1-2H3/q+1. The molecule has 4 aliphatic carbocycles. The first kappa shape index (κ1) is 24.6. The van der Waals surface area contributed by atoms with Gasteiger partial charge in [-0.05, 0) is 110 Å². The third kappa shape index (κ3) is 4.69. The first-order chi connectivity index (χ1) is 18.0. The first-order valence-corrected chi connectivity index (χ1v) is 15.0. The summed E-state index contributed by atoms with van der Waals surface area (Å²) in [6.07, 6.45) is 6.30. The fraction of sp³-hybridized carbons (Fsp3) is 0.424. The van der Waals surface area contributed by atoms with Crippen LogP contribution in [0, 0.1) is 29.6 Å². The number of benzene rings is 3. The number of hydrogen-bond donors (Lipinski definition) is 0. The predicted octanol–water partition coefficient (Wildman–Crippen LogP) is 7.55. The fourth-order valence-electron chi connectivity index (χ4n) is 7.71. The SMILES string of the molecule is CC(C)C1(OC(=O)COc2ccc([S+](c3ccccc3)c3ccccc3)cc2)C2CC3CC(C2)CC1C3. The van der Waals surface area contributed by atoms with Gasteiger partial charge in [0.15, 0.2) is 21.3 Å². The Bertz CT molecular complexity index is 1140. The van der Waals surface area contributed by atoms with E-state index in [-0.39, 0.29) is 29.1 Å². The molecule has 0 radical (unpaired) electrons. The lowest BCUT2D eigenvalue weighted by Crippen LogP contribution is -2.62. The van der Waals surface area contributed by atoms with Gasteiger partial charge in [0.25, 0.3) is 0 Å². The molecule has 3 aromatic rings. The molecule has 0 aliphatic heterocycles. The second kappa shape index (κ2) is 10.2. The van der Waals surface area contributed by atoms with Crippen LogP contribution >= 0.6 is 0 Å². The molecule has 0 aromatic heterocycles. The molecule has 4 aliphatic rings. The summed E-state index contributed by atoms with van der Waals surface area (Å²) in [5.41, 5.74) is -0.308. The molecule has 0 unspecified atom stereocenters. The normalized spacial score (nSPS) is 28.0. The third-order valence-electron chi connectivity index (χ3n) is 8.98. The smallest absolute Gasteiger partial charge is 0.344 e. The van der Waals surface area contributed by atoms with Gasteiger partial charge < -0.3 is 9.47 Å². The summed E-state index contributed by atoms with van der Waals surface area (Å²) in [6, 6.07) is 29.4. The molecule has 7 rings (SSSR count). The Kier molecular flexibility index (Phi) is 6.79. The number of ether oxygens (including phenoxy) is 2. The van der Waals surface area contributed by atoms with Gasteiger partial charge in [0, 0.05) is 0 Å². The number of carbonyl (C=O) groups excluding carboxylic acids is 1. The van der Waals surface area contributed by atoms with Crippen molar-refractivity contribution in [1.29, 1.82) is 0 Å². The van der Waals surface area contributed by atoms with Crippen LogP contribution in [0.5, 0.6) is 5.75 Å². The van der Waals surface area contributed by atoms with Crippen molar-refractivity contribution in [3.05, 3.63) is 84.9 Å². The maximum Gasteiger partial charge on any atom is 0.344 e. The van der Waals surface area contributed by atoms with Crippen molar-refractivity contribution in [2.75, 3.05) is 6.61 Å². The molecule has 192 valence electrons. The van der Waals surface area contributed by atoms with E-state index in [9.17, 15) is 4.79 Å². The minimum absolute atomic E-state index is 0.0385. The predicted molar refractivity (Wildman–Crippen MR) is 148 cm³/mol. The highest BCUT2D eigenvalue weighted by molar-refractivity contribution is 7.97. The highest BCUT2D eigenvalue weighted by Gasteiger charge is 2.60. The maximum absolute atomic E-state index is 13.1. The molecule has 0 atom stereocenters. The maximum atomic E-state index is 13.1. The summed E-state index contributed by atoms with van der Waals surface area (Å²) in [5, 5.41) is 0. The van der Waals surface area contributed by atoms with Crippen molar-refractivity contribution < 1.29 is 14.3 Å². The Morgan fingerprint density at radius 2 is 1.24 bits per heavy atom. The van der Waals surface area contributed by atoms with E-state index >= 15 is 0 Å². The van der Waals surface area contributed by atoms with E-state index in [1.54, 1.807) is 0 Å². The van der Waals surface area contributed by atoms with Gasteiger partial charge in [0.05, 0.1) is 10.9 Å². The summed E-state index contributed by atoms with van der Waals surface area (Å²) < 4.78 is 12.4. The Balaban J connectivity index is 1.14. The zero-order valence-electron chi connectivity index (χ0n) is 21.8. The largest absolute Gasteiger partial charge is 0.482 e. The quantitative estimate of drug-likeness (QED) is 0.230. The Morgan fingerprint density at radius 3 is 1.73 bits per heavy atom. The van der Waals surface area contributed by atoms with Gasteiger partial charge in [-0.25, -0.2) is 4.79 Å². The number of carbonyl (C=O) groups is 1. The topological polar surface area (TPSA) is 35.5 Å². The van der Waals surface area contributed by atoms with Crippen LogP contribution in [0.15, 0.2) is 99.6 Å². The molecular weight excluding hydrogens is 476 g/mol. The van der Waals surface area contributed by atoms with E-state index in [4.69, 9.17) is 9.47 Å². The van der Waals surface area contributed by atoms with Crippen LogP contribution in [0.4, 0.5) is 0 Å². The van der Waals surface area contributed by atoms with Crippen molar-refractivity contribution in [3.63, 3.8) is 0 Å². The van der Waals surface area contributed by atoms with Crippen LogP contribution in [-0.2, 0) is 20.4 Å².